The zero-order valence-electron chi connectivity index (χ0n) is 8.30. The molecule has 0 saturated heterocycles. The highest BCUT2D eigenvalue weighted by molar-refractivity contribution is 7.09. The van der Waals surface area contributed by atoms with Gasteiger partial charge in [-0.3, -0.25) is 0 Å². The van der Waals surface area contributed by atoms with Gasteiger partial charge in [-0.2, -0.15) is 0 Å². The van der Waals surface area contributed by atoms with Gasteiger partial charge >= 0.3 is 5.97 Å². The minimum Gasteiger partial charge on any atom is -0.464 e. The highest BCUT2D eigenvalue weighted by atomic mass is 32.1. The summed E-state index contributed by atoms with van der Waals surface area (Å²) < 4.78 is 9.75. The molecule has 0 aliphatic carbocycles. The molecule has 0 spiro atoms. The molecule has 0 bridgehead atoms. The summed E-state index contributed by atoms with van der Waals surface area (Å²) in [4.78, 5) is 14.3. The van der Waals surface area contributed by atoms with Crippen LogP contribution in [0.15, 0.2) is 29.5 Å². The lowest BCUT2D eigenvalue weighted by molar-refractivity contribution is -0.139. The second kappa shape index (κ2) is 4.35. The maximum Gasteiger partial charge on any atom is 0.374 e. The average Bonchev–Trinajstić information content (AvgIpc) is 2.88. The molecule has 0 radical (unpaired) electrons. The molecule has 5 heteroatoms. The number of esters is 1. The van der Waals surface area contributed by atoms with Gasteiger partial charge in [-0.1, -0.05) is 6.07 Å². The molecule has 80 valence electrons. The highest BCUT2D eigenvalue weighted by Crippen LogP contribution is 2.17. The summed E-state index contributed by atoms with van der Waals surface area (Å²) in [7, 11) is 1.34. The Hall–Kier alpha value is -1.49. The van der Waals surface area contributed by atoms with Crippen LogP contribution in [0, 0.1) is 0 Å². The molecule has 0 unspecified atom stereocenters. The van der Waals surface area contributed by atoms with Crippen molar-refractivity contribution in [3.8, 4) is 0 Å². The summed E-state index contributed by atoms with van der Waals surface area (Å²) in [5.41, 5.74) is 0. The number of rotatable bonds is 3. The number of ether oxygens (including phenoxy) is 2. The fraction of sp³-hybridized carbons (Fsp3) is 0.300. The Morgan fingerprint density at radius 2 is 2.60 bits per heavy atom. The van der Waals surface area contributed by atoms with E-state index in [1.165, 1.54) is 12.0 Å². The first-order valence-electron chi connectivity index (χ1n) is 4.49. The van der Waals surface area contributed by atoms with Gasteiger partial charge in [0.1, 0.15) is 0 Å². The quantitative estimate of drug-likeness (QED) is 0.732. The van der Waals surface area contributed by atoms with Crippen molar-refractivity contribution in [3.63, 3.8) is 0 Å². The Balaban J connectivity index is 1.97. The second-order valence-corrected chi connectivity index (χ2v) is 4.12. The Kier molecular flexibility index (Phi) is 2.91. The van der Waals surface area contributed by atoms with Crippen molar-refractivity contribution >= 4 is 17.3 Å². The maximum absolute atomic E-state index is 11.1. The molecule has 1 aromatic rings. The zero-order valence-corrected chi connectivity index (χ0v) is 9.12. The third-order valence-corrected chi connectivity index (χ3v) is 2.87. The summed E-state index contributed by atoms with van der Waals surface area (Å²) >= 11 is 1.68. The number of nitrogens with zero attached hydrogens (tertiary/aromatic N) is 1. The molecule has 0 N–H and O–H groups in total. The molecule has 2 rings (SSSR count). The van der Waals surface area contributed by atoms with Crippen LogP contribution < -0.4 is 0 Å². The number of methoxy groups -OCH3 is 1. The molecule has 0 aromatic carbocycles. The highest BCUT2D eigenvalue weighted by Gasteiger charge is 2.20. The van der Waals surface area contributed by atoms with Crippen LogP contribution >= 0.6 is 11.3 Å². The minimum absolute atomic E-state index is 0.272. The molecule has 15 heavy (non-hydrogen) atoms. The van der Waals surface area contributed by atoms with Crippen LogP contribution in [0.25, 0.3) is 0 Å². The van der Waals surface area contributed by atoms with Crippen LogP contribution in [0.5, 0.6) is 0 Å². The van der Waals surface area contributed by atoms with Gasteiger partial charge in [-0.05, 0) is 11.4 Å². The first kappa shape index (κ1) is 10.0. The van der Waals surface area contributed by atoms with Crippen molar-refractivity contribution in [2.75, 3.05) is 13.8 Å². The molecular formula is C10H11NO3S. The first-order chi connectivity index (χ1) is 7.29. The second-order valence-electron chi connectivity index (χ2n) is 3.08. The van der Waals surface area contributed by atoms with Gasteiger partial charge in [-0.15, -0.1) is 11.3 Å². The lowest BCUT2D eigenvalue weighted by Crippen LogP contribution is -2.13. The smallest absolute Gasteiger partial charge is 0.374 e. The predicted octanol–water partition coefficient (Wildman–Crippen LogP) is 1.55. The van der Waals surface area contributed by atoms with E-state index in [1.807, 2.05) is 16.3 Å². The fourth-order valence-electron chi connectivity index (χ4n) is 1.30. The molecule has 0 fully saturated rings. The molecular weight excluding hydrogens is 214 g/mol. The largest absolute Gasteiger partial charge is 0.464 e. The van der Waals surface area contributed by atoms with Gasteiger partial charge in [0.15, 0.2) is 6.73 Å². The summed E-state index contributed by atoms with van der Waals surface area (Å²) in [6, 6.07) is 4.05. The van der Waals surface area contributed by atoms with Gasteiger partial charge in [0.05, 0.1) is 19.9 Å². The van der Waals surface area contributed by atoms with Crippen molar-refractivity contribution in [1.82, 2.24) is 4.90 Å². The van der Waals surface area contributed by atoms with E-state index >= 15 is 0 Å². The standard InChI is InChI=1S/C10H11NO3S/c1-13-10(12)9-6-11(7-14-9)5-8-3-2-4-15-8/h2-4,6H,5,7H2,1H3. The molecule has 1 aromatic heterocycles. The SMILES string of the molecule is COC(=O)C1=CN(Cc2cccs2)CO1. The Morgan fingerprint density at radius 3 is 3.27 bits per heavy atom. The van der Waals surface area contributed by atoms with E-state index in [1.54, 1.807) is 17.5 Å². The van der Waals surface area contributed by atoms with Crippen molar-refractivity contribution in [2.24, 2.45) is 0 Å². The van der Waals surface area contributed by atoms with Crippen molar-refractivity contribution in [1.29, 1.82) is 0 Å². The van der Waals surface area contributed by atoms with Crippen LogP contribution in [0.1, 0.15) is 4.88 Å². The molecule has 4 nitrogen and oxygen atoms in total. The van der Waals surface area contributed by atoms with Gasteiger partial charge in [0.25, 0.3) is 0 Å². The summed E-state index contributed by atoms with van der Waals surface area (Å²) in [5, 5.41) is 2.02. The van der Waals surface area contributed by atoms with E-state index in [4.69, 9.17) is 4.74 Å². The molecule has 0 atom stereocenters. The number of thiophene rings is 1. The van der Waals surface area contributed by atoms with Crippen LogP contribution in [-0.2, 0) is 20.8 Å². The van der Waals surface area contributed by atoms with E-state index < -0.39 is 5.97 Å². The van der Waals surface area contributed by atoms with Crippen LogP contribution in [0.4, 0.5) is 0 Å². The van der Waals surface area contributed by atoms with E-state index in [0.29, 0.717) is 6.73 Å². The lowest BCUT2D eigenvalue weighted by Gasteiger charge is -2.10. The summed E-state index contributed by atoms with van der Waals surface area (Å²) in [6.45, 7) is 1.17. The molecule has 0 saturated carbocycles. The molecule has 2 heterocycles. The van der Waals surface area contributed by atoms with Crippen molar-refractivity contribution in [2.45, 2.75) is 6.54 Å². The molecule has 0 amide bonds. The molecule has 1 aliphatic rings. The monoisotopic (exact) mass is 225 g/mol. The first-order valence-corrected chi connectivity index (χ1v) is 5.37. The van der Waals surface area contributed by atoms with Crippen LogP contribution in [-0.4, -0.2) is 24.7 Å². The minimum atomic E-state index is -0.427. The lowest BCUT2D eigenvalue weighted by atomic mass is 10.4. The topological polar surface area (TPSA) is 38.8 Å². The number of hydrogen-bond donors (Lipinski definition) is 0. The Labute approximate surface area is 91.7 Å². The van der Waals surface area contributed by atoms with Gasteiger partial charge < -0.3 is 14.4 Å². The van der Waals surface area contributed by atoms with Crippen molar-refractivity contribution < 1.29 is 14.3 Å². The van der Waals surface area contributed by atoms with Crippen LogP contribution in [0.2, 0.25) is 0 Å². The number of carbonyl (C=O) groups is 1. The van der Waals surface area contributed by atoms with E-state index in [0.717, 1.165) is 6.54 Å². The van der Waals surface area contributed by atoms with Crippen molar-refractivity contribution in [3.05, 3.63) is 34.3 Å². The third kappa shape index (κ3) is 2.30. The van der Waals surface area contributed by atoms with Gasteiger partial charge in [-0.25, -0.2) is 4.79 Å². The number of hydrogen-bond acceptors (Lipinski definition) is 5. The summed E-state index contributed by atoms with van der Waals surface area (Å²) in [6.07, 6.45) is 1.69. The fourth-order valence-corrected chi connectivity index (χ4v) is 2.03. The van der Waals surface area contributed by atoms with Gasteiger partial charge in [0, 0.05) is 4.88 Å². The Bertz CT molecular complexity index is 372. The van der Waals surface area contributed by atoms with E-state index in [9.17, 15) is 4.79 Å². The maximum atomic E-state index is 11.1. The predicted molar refractivity (Wildman–Crippen MR) is 55.9 cm³/mol. The van der Waals surface area contributed by atoms with Gasteiger partial charge in [0.2, 0.25) is 5.76 Å². The normalized spacial score (nSPS) is 14.7. The zero-order chi connectivity index (χ0) is 10.7. The van der Waals surface area contributed by atoms with E-state index in [2.05, 4.69) is 10.8 Å². The Morgan fingerprint density at radius 1 is 1.73 bits per heavy atom. The van der Waals surface area contributed by atoms with E-state index in [-0.39, 0.29) is 5.76 Å². The average molecular weight is 225 g/mol. The molecule has 1 aliphatic heterocycles. The summed E-state index contributed by atoms with van der Waals surface area (Å²) in [5.74, 6) is -0.155. The number of carbonyl (C=O) groups excluding carboxylic acids is 1. The van der Waals surface area contributed by atoms with Crippen LogP contribution in [0.3, 0.4) is 0 Å². The third-order valence-electron chi connectivity index (χ3n) is 2.01.